The van der Waals surface area contributed by atoms with Gasteiger partial charge in [0.25, 0.3) is 0 Å². The Kier molecular flexibility index (Phi) is 5.94. The highest BCUT2D eigenvalue weighted by molar-refractivity contribution is 6.30. The second-order valence-corrected chi connectivity index (χ2v) is 7.03. The number of hydrogen-bond donors (Lipinski definition) is 1. The van der Waals surface area contributed by atoms with Crippen LogP contribution in [0.2, 0.25) is 5.02 Å². The lowest BCUT2D eigenvalue weighted by Crippen LogP contribution is -2.41. The van der Waals surface area contributed by atoms with Gasteiger partial charge in [-0.1, -0.05) is 42.8 Å². The molecular weight excluding hydrogens is 348 g/mol. The molecule has 1 saturated heterocycles. The van der Waals surface area contributed by atoms with Crippen LogP contribution in [0.15, 0.2) is 48.5 Å². The summed E-state index contributed by atoms with van der Waals surface area (Å²) in [6.07, 6.45) is 1.95. The van der Waals surface area contributed by atoms with Gasteiger partial charge in [-0.25, -0.2) is 0 Å². The van der Waals surface area contributed by atoms with Crippen LogP contribution in [0.4, 0.5) is 5.69 Å². The Morgan fingerprint density at radius 3 is 2.38 bits per heavy atom. The van der Waals surface area contributed by atoms with Crippen molar-refractivity contribution in [3.05, 3.63) is 53.6 Å². The van der Waals surface area contributed by atoms with Gasteiger partial charge in [0, 0.05) is 36.1 Å². The molecule has 2 aromatic rings. The van der Waals surface area contributed by atoms with Crippen LogP contribution in [0, 0.1) is 5.92 Å². The normalized spacial score (nSPS) is 14.9. The van der Waals surface area contributed by atoms with E-state index >= 15 is 0 Å². The van der Waals surface area contributed by atoms with Crippen LogP contribution in [-0.2, 0) is 9.59 Å². The number of carbonyl (C=O) groups is 2. The topological polar surface area (TPSA) is 49.4 Å². The Labute approximate surface area is 159 Å². The summed E-state index contributed by atoms with van der Waals surface area (Å²) in [5.41, 5.74) is 2.80. The van der Waals surface area contributed by atoms with Gasteiger partial charge in [-0.3, -0.25) is 9.59 Å². The number of carbonyl (C=O) groups excluding carboxylic acids is 2. The zero-order chi connectivity index (χ0) is 18.5. The molecule has 0 unspecified atom stereocenters. The first-order valence-electron chi connectivity index (χ1n) is 9.01. The van der Waals surface area contributed by atoms with Crippen molar-refractivity contribution in [1.82, 2.24) is 4.90 Å². The average molecular weight is 371 g/mol. The lowest BCUT2D eigenvalue weighted by atomic mass is 9.95. The summed E-state index contributed by atoms with van der Waals surface area (Å²) in [7, 11) is 0. The molecular formula is C21H23ClN2O2. The zero-order valence-corrected chi connectivity index (χ0v) is 15.6. The maximum atomic E-state index is 12.6. The molecule has 0 atom stereocenters. The molecule has 1 fully saturated rings. The van der Waals surface area contributed by atoms with E-state index in [1.165, 1.54) is 0 Å². The Hall–Kier alpha value is -2.33. The zero-order valence-electron chi connectivity index (χ0n) is 14.9. The van der Waals surface area contributed by atoms with Gasteiger partial charge in [0.1, 0.15) is 0 Å². The molecule has 0 bridgehead atoms. The molecule has 2 amide bonds. The molecule has 0 radical (unpaired) electrons. The van der Waals surface area contributed by atoms with Crippen molar-refractivity contribution in [3.63, 3.8) is 0 Å². The number of rotatable bonds is 4. The molecule has 0 saturated carbocycles. The van der Waals surface area contributed by atoms with E-state index in [0.717, 1.165) is 16.8 Å². The molecule has 1 aliphatic heterocycles. The average Bonchev–Trinajstić information content (AvgIpc) is 2.67. The first-order valence-corrected chi connectivity index (χ1v) is 9.39. The van der Waals surface area contributed by atoms with Crippen molar-refractivity contribution in [1.29, 1.82) is 0 Å². The predicted molar refractivity (Wildman–Crippen MR) is 105 cm³/mol. The lowest BCUT2D eigenvalue weighted by molar-refractivity contribution is -0.134. The number of anilines is 1. The fraction of sp³-hybridized carbons (Fsp3) is 0.333. The van der Waals surface area contributed by atoms with Gasteiger partial charge in [-0.2, -0.15) is 0 Å². The monoisotopic (exact) mass is 370 g/mol. The molecule has 5 heteroatoms. The standard InChI is InChI=1S/C21H23ClN2O2/c1-2-20(25)24-11-9-15(10-12-24)21(26)23-19-8-4-6-17(14-19)16-5-3-7-18(22)13-16/h3-8,13-15H,2,9-12H2,1H3,(H,23,26). The first-order chi connectivity index (χ1) is 12.6. The molecule has 0 aromatic heterocycles. The number of piperidine rings is 1. The van der Waals surface area contributed by atoms with Crippen molar-refractivity contribution >= 4 is 29.1 Å². The quantitative estimate of drug-likeness (QED) is 0.855. The minimum absolute atomic E-state index is 0.0249. The molecule has 0 aliphatic carbocycles. The smallest absolute Gasteiger partial charge is 0.227 e. The maximum Gasteiger partial charge on any atom is 0.227 e. The third-order valence-electron chi connectivity index (χ3n) is 4.81. The highest BCUT2D eigenvalue weighted by Crippen LogP contribution is 2.26. The fourth-order valence-electron chi connectivity index (χ4n) is 3.30. The van der Waals surface area contributed by atoms with Crippen LogP contribution in [0.25, 0.3) is 11.1 Å². The van der Waals surface area contributed by atoms with Gasteiger partial charge in [0.15, 0.2) is 0 Å². The SMILES string of the molecule is CCC(=O)N1CCC(C(=O)Nc2cccc(-c3cccc(Cl)c3)c2)CC1. The molecule has 1 aliphatic rings. The van der Waals surface area contributed by atoms with Gasteiger partial charge in [-0.15, -0.1) is 0 Å². The van der Waals surface area contributed by atoms with Crippen molar-refractivity contribution in [2.24, 2.45) is 5.92 Å². The van der Waals surface area contributed by atoms with Crippen LogP contribution < -0.4 is 5.32 Å². The number of halogens is 1. The van der Waals surface area contributed by atoms with Crippen molar-refractivity contribution in [3.8, 4) is 11.1 Å². The molecule has 26 heavy (non-hydrogen) atoms. The van der Waals surface area contributed by atoms with Gasteiger partial charge in [-0.05, 0) is 48.2 Å². The molecule has 1 heterocycles. The van der Waals surface area contributed by atoms with Gasteiger partial charge < -0.3 is 10.2 Å². The summed E-state index contributed by atoms with van der Waals surface area (Å²) >= 11 is 6.07. The van der Waals surface area contributed by atoms with Crippen molar-refractivity contribution in [2.45, 2.75) is 26.2 Å². The number of benzene rings is 2. The lowest BCUT2D eigenvalue weighted by Gasteiger charge is -2.31. The molecule has 0 spiro atoms. The number of nitrogens with zero attached hydrogens (tertiary/aromatic N) is 1. The van der Waals surface area contributed by atoms with Crippen molar-refractivity contribution < 1.29 is 9.59 Å². The van der Waals surface area contributed by atoms with E-state index in [-0.39, 0.29) is 17.7 Å². The van der Waals surface area contributed by atoms with E-state index in [0.29, 0.717) is 37.4 Å². The summed E-state index contributed by atoms with van der Waals surface area (Å²) < 4.78 is 0. The Balaban J connectivity index is 1.63. The van der Waals surface area contributed by atoms with Crippen molar-refractivity contribution in [2.75, 3.05) is 18.4 Å². The summed E-state index contributed by atoms with van der Waals surface area (Å²) in [6.45, 7) is 3.19. The largest absolute Gasteiger partial charge is 0.343 e. The summed E-state index contributed by atoms with van der Waals surface area (Å²) in [5.74, 6) is 0.139. The minimum atomic E-state index is -0.0502. The Morgan fingerprint density at radius 2 is 1.73 bits per heavy atom. The van der Waals surface area contributed by atoms with Gasteiger partial charge in [0.05, 0.1) is 0 Å². The fourth-order valence-corrected chi connectivity index (χ4v) is 3.49. The van der Waals surface area contributed by atoms with Gasteiger partial charge >= 0.3 is 0 Å². The van der Waals surface area contributed by atoms with E-state index in [2.05, 4.69) is 5.32 Å². The van der Waals surface area contributed by atoms with E-state index in [1.807, 2.05) is 60.4 Å². The molecule has 2 aromatic carbocycles. The number of amides is 2. The Morgan fingerprint density at radius 1 is 1.08 bits per heavy atom. The van der Waals surface area contributed by atoms with Crippen LogP contribution in [0.5, 0.6) is 0 Å². The highest BCUT2D eigenvalue weighted by atomic mass is 35.5. The number of hydrogen-bond acceptors (Lipinski definition) is 2. The van der Waals surface area contributed by atoms with E-state index in [9.17, 15) is 9.59 Å². The Bertz CT molecular complexity index is 798. The number of likely N-dealkylation sites (tertiary alicyclic amines) is 1. The van der Waals surface area contributed by atoms with Gasteiger partial charge in [0.2, 0.25) is 11.8 Å². The van der Waals surface area contributed by atoms with E-state index < -0.39 is 0 Å². The number of nitrogens with one attached hydrogen (secondary N) is 1. The van der Waals surface area contributed by atoms with Crippen LogP contribution >= 0.6 is 11.6 Å². The molecule has 1 N–H and O–H groups in total. The molecule has 136 valence electrons. The third kappa shape index (κ3) is 4.44. The summed E-state index contributed by atoms with van der Waals surface area (Å²) in [5, 5.41) is 3.70. The highest BCUT2D eigenvalue weighted by Gasteiger charge is 2.26. The van der Waals surface area contributed by atoms with Crippen LogP contribution in [0.3, 0.4) is 0 Å². The first kappa shape index (κ1) is 18.5. The van der Waals surface area contributed by atoms with E-state index in [1.54, 1.807) is 0 Å². The van der Waals surface area contributed by atoms with Crippen LogP contribution in [0.1, 0.15) is 26.2 Å². The second-order valence-electron chi connectivity index (χ2n) is 6.59. The summed E-state index contributed by atoms with van der Waals surface area (Å²) in [6, 6.07) is 15.4. The molecule has 4 nitrogen and oxygen atoms in total. The summed E-state index contributed by atoms with van der Waals surface area (Å²) in [4.78, 5) is 26.2. The molecule has 3 rings (SSSR count). The van der Waals surface area contributed by atoms with E-state index in [4.69, 9.17) is 11.6 Å². The third-order valence-corrected chi connectivity index (χ3v) is 5.04. The second kappa shape index (κ2) is 8.37. The maximum absolute atomic E-state index is 12.6. The van der Waals surface area contributed by atoms with Crippen LogP contribution in [-0.4, -0.2) is 29.8 Å². The predicted octanol–water partition coefficient (Wildman–Crippen LogP) is 4.59. The minimum Gasteiger partial charge on any atom is -0.343 e.